The average Bonchev–Trinajstić information content (AvgIpc) is 3.43. The summed E-state index contributed by atoms with van der Waals surface area (Å²) >= 11 is 0. The van der Waals surface area contributed by atoms with Crippen molar-refractivity contribution < 1.29 is 13.6 Å². The maximum absolute atomic E-state index is 13.6. The number of carbonyl (C=O) groups excluding carboxylic acids is 1. The molecular weight excluding hydrogens is 399 g/mol. The monoisotopic (exact) mass is 420 g/mol. The Morgan fingerprint density at radius 1 is 1.13 bits per heavy atom. The quantitative estimate of drug-likeness (QED) is 0.502. The van der Waals surface area contributed by atoms with Crippen LogP contribution in [-0.4, -0.2) is 48.4 Å². The van der Waals surface area contributed by atoms with E-state index in [0.717, 1.165) is 18.5 Å². The third kappa shape index (κ3) is 3.56. The number of oxazole rings is 1. The Balaban J connectivity index is 1.47. The Hall–Kier alpha value is -3.62. The number of aryl methyl sites for hydroxylation is 1. The first-order valence-corrected chi connectivity index (χ1v) is 10.2. The van der Waals surface area contributed by atoms with Gasteiger partial charge < -0.3 is 9.32 Å². The second-order valence-corrected chi connectivity index (χ2v) is 7.88. The molecule has 1 aromatic carbocycles. The van der Waals surface area contributed by atoms with E-state index in [0.29, 0.717) is 34.9 Å². The van der Waals surface area contributed by atoms with Crippen LogP contribution in [0.2, 0.25) is 0 Å². The molecule has 8 nitrogen and oxygen atoms in total. The van der Waals surface area contributed by atoms with Gasteiger partial charge in [-0.1, -0.05) is 0 Å². The molecule has 5 rings (SSSR count). The molecule has 1 fully saturated rings. The molecule has 31 heavy (non-hydrogen) atoms. The van der Waals surface area contributed by atoms with E-state index in [9.17, 15) is 9.18 Å². The van der Waals surface area contributed by atoms with E-state index < -0.39 is 0 Å². The van der Waals surface area contributed by atoms with Crippen LogP contribution in [0, 0.1) is 12.7 Å². The highest BCUT2D eigenvalue weighted by Gasteiger charge is 2.34. The molecule has 2 atom stereocenters. The Morgan fingerprint density at radius 3 is 2.74 bits per heavy atom. The molecule has 3 aromatic heterocycles. The minimum Gasteiger partial charge on any atom is -0.440 e. The van der Waals surface area contributed by atoms with Gasteiger partial charge in [-0.2, -0.15) is 10.2 Å². The van der Waals surface area contributed by atoms with Crippen molar-refractivity contribution in [3.8, 4) is 5.69 Å². The fourth-order valence-corrected chi connectivity index (χ4v) is 4.03. The molecule has 4 aromatic rings. The number of amides is 1. The van der Waals surface area contributed by atoms with Crippen LogP contribution in [0.3, 0.4) is 0 Å². The van der Waals surface area contributed by atoms with Crippen molar-refractivity contribution in [3.05, 3.63) is 65.8 Å². The summed E-state index contributed by atoms with van der Waals surface area (Å²) in [6, 6.07) is 7.96. The van der Waals surface area contributed by atoms with Crippen molar-refractivity contribution in [2.24, 2.45) is 0 Å². The first kappa shape index (κ1) is 19.3. The molecule has 158 valence electrons. The molecular formula is C22H21FN6O2. The molecule has 0 bridgehead atoms. The Bertz CT molecular complexity index is 1250. The lowest BCUT2D eigenvalue weighted by Gasteiger charge is -2.37. The number of rotatable bonds is 3. The fraction of sp³-hybridized carbons (Fsp3) is 0.318. The van der Waals surface area contributed by atoms with Crippen molar-refractivity contribution in [2.75, 3.05) is 6.54 Å². The van der Waals surface area contributed by atoms with E-state index in [1.54, 1.807) is 29.4 Å². The van der Waals surface area contributed by atoms with Crippen LogP contribution in [0.15, 0.2) is 47.1 Å². The van der Waals surface area contributed by atoms with Crippen molar-refractivity contribution >= 4 is 17.0 Å². The topological polar surface area (TPSA) is 89.9 Å². The van der Waals surface area contributed by atoms with Crippen LogP contribution >= 0.6 is 0 Å². The minimum atomic E-state index is -0.366. The molecule has 0 spiro atoms. The maximum Gasteiger partial charge on any atom is 0.275 e. The summed E-state index contributed by atoms with van der Waals surface area (Å²) in [4.78, 5) is 25.8. The smallest absolute Gasteiger partial charge is 0.275 e. The highest BCUT2D eigenvalue weighted by molar-refractivity contribution is 5.96. The number of carbonyl (C=O) groups is 1. The molecule has 0 aliphatic carbocycles. The Kier molecular flexibility index (Phi) is 4.72. The van der Waals surface area contributed by atoms with Crippen LogP contribution in [0.25, 0.3) is 16.8 Å². The molecule has 0 radical (unpaired) electrons. The van der Waals surface area contributed by atoms with Gasteiger partial charge >= 0.3 is 0 Å². The van der Waals surface area contributed by atoms with Gasteiger partial charge in [0.15, 0.2) is 17.2 Å². The van der Waals surface area contributed by atoms with E-state index in [4.69, 9.17) is 4.42 Å². The van der Waals surface area contributed by atoms with E-state index >= 15 is 0 Å². The minimum absolute atomic E-state index is 0.0336. The SMILES string of the molecule is Cc1ccc(-n2nccn2)c(C(=O)N2C[C@H](c3nc4ccc(F)cc4o3)CC[C@H]2C)n1. The van der Waals surface area contributed by atoms with Gasteiger partial charge in [0, 0.05) is 24.3 Å². The van der Waals surface area contributed by atoms with Gasteiger partial charge in [-0.3, -0.25) is 4.79 Å². The maximum atomic E-state index is 13.6. The van der Waals surface area contributed by atoms with Gasteiger partial charge in [0.25, 0.3) is 5.91 Å². The summed E-state index contributed by atoms with van der Waals surface area (Å²) in [5.41, 5.74) is 2.61. The molecule has 0 saturated carbocycles. The first-order valence-electron chi connectivity index (χ1n) is 10.2. The lowest BCUT2D eigenvalue weighted by Crippen LogP contribution is -2.45. The van der Waals surface area contributed by atoms with Gasteiger partial charge in [-0.25, -0.2) is 14.4 Å². The summed E-state index contributed by atoms with van der Waals surface area (Å²) < 4.78 is 19.4. The summed E-state index contributed by atoms with van der Waals surface area (Å²) in [7, 11) is 0. The average molecular weight is 420 g/mol. The molecule has 1 amide bonds. The van der Waals surface area contributed by atoms with E-state index in [-0.39, 0.29) is 23.7 Å². The second-order valence-electron chi connectivity index (χ2n) is 7.88. The third-order valence-corrected chi connectivity index (χ3v) is 5.71. The molecule has 1 aliphatic heterocycles. The number of nitrogens with zero attached hydrogens (tertiary/aromatic N) is 6. The summed E-state index contributed by atoms with van der Waals surface area (Å²) in [6.45, 7) is 4.31. The number of fused-ring (bicyclic) bond motifs is 1. The van der Waals surface area contributed by atoms with Crippen molar-refractivity contribution in [3.63, 3.8) is 0 Å². The molecule has 0 unspecified atom stereocenters. The molecule has 0 N–H and O–H groups in total. The number of hydrogen-bond acceptors (Lipinski definition) is 6. The number of piperidine rings is 1. The molecule has 1 saturated heterocycles. The van der Waals surface area contributed by atoms with E-state index in [1.165, 1.54) is 16.9 Å². The zero-order valence-electron chi connectivity index (χ0n) is 17.2. The van der Waals surface area contributed by atoms with Crippen molar-refractivity contribution in [1.82, 2.24) is 29.9 Å². The normalized spacial score (nSPS) is 19.1. The molecule has 9 heteroatoms. The number of aromatic nitrogens is 5. The number of hydrogen-bond donors (Lipinski definition) is 0. The van der Waals surface area contributed by atoms with Crippen LogP contribution in [0.1, 0.15) is 47.8 Å². The summed E-state index contributed by atoms with van der Waals surface area (Å²) in [5, 5.41) is 8.31. The third-order valence-electron chi connectivity index (χ3n) is 5.71. The van der Waals surface area contributed by atoms with Crippen LogP contribution in [-0.2, 0) is 0 Å². The highest BCUT2D eigenvalue weighted by atomic mass is 19.1. The number of benzene rings is 1. The van der Waals surface area contributed by atoms with E-state index in [1.807, 2.05) is 19.9 Å². The molecule has 1 aliphatic rings. The predicted molar refractivity (Wildman–Crippen MR) is 110 cm³/mol. The van der Waals surface area contributed by atoms with Crippen molar-refractivity contribution in [1.29, 1.82) is 0 Å². The number of likely N-dealkylation sites (tertiary alicyclic amines) is 1. The van der Waals surface area contributed by atoms with Gasteiger partial charge in [-0.05, 0) is 51.0 Å². The highest BCUT2D eigenvalue weighted by Crippen LogP contribution is 2.32. The van der Waals surface area contributed by atoms with Gasteiger partial charge in [-0.15, -0.1) is 4.80 Å². The lowest BCUT2D eigenvalue weighted by molar-refractivity contribution is 0.0591. The summed E-state index contributed by atoms with van der Waals surface area (Å²) in [6.07, 6.45) is 4.74. The van der Waals surface area contributed by atoms with Crippen molar-refractivity contribution in [2.45, 2.75) is 38.6 Å². The van der Waals surface area contributed by atoms with E-state index in [2.05, 4.69) is 20.2 Å². The zero-order chi connectivity index (χ0) is 21.5. The fourth-order valence-electron chi connectivity index (χ4n) is 4.03. The zero-order valence-corrected chi connectivity index (χ0v) is 17.2. The van der Waals surface area contributed by atoms with Crippen LogP contribution in [0.4, 0.5) is 4.39 Å². The Morgan fingerprint density at radius 2 is 1.94 bits per heavy atom. The predicted octanol–water partition coefficient (Wildman–Crippen LogP) is 3.66. The standard InChI is InChI=1S/C22H21FN6O2/c1-13-3-8-18(29-24-9-10-25-29)20(26-13)22(30)28-12-15(5-4-14(28)2)21-27-17-7-6-16(23)11-19(17)31-21/h3,6-11,14-15H,4-5,12H2,1-2H3/t14-,15-/m1/s1. The van der Waals surface area contributed by atoms with Crippen LogP contribution in [0.5, 0.6) is 0 Å². The van der Waals surface area contributed by atoms with Gasteiger partial charge in [0.05, 0.1) is 18.3 Å². The summed E-state index contributed by atoms with van der Waals surface area (Å²) in [5.74, 6) is -0.104. The lowest BCUT2D eigenvalue weighted by atomic mass is 9.93. The van der Waals surface area contributed by atoms with Gasteiger partial charge in [0.1, 0.15) is 17.0 Å². The van der Waals surface area contributed by atoms with Crippen LogP contribution < -0.4 is 0 Å². The molecule has 4 heterocycles. The first-order chi connectivity index (χ1) is 15.0. The Labute approximate surface area is 177 Å². The number of halogens is 1. The second kappa shape index (κ2) is 7.57. The van der Waals surface area contributed by atoms with Gasteiger partial charge in [0.2, 0.25) is 0 Å². The number of pyridine rings is 1. The largest absolute Gasteiger partial charge is 0.440 e.